The van der Waals surface area contributed by atoms with Crippen molar-refractivity contribution in [2.24, 2.45) is 0 Å². The van der Waals surface area contributed by atoms with Gasteiger partial charge in [-0.2, -0.15) is 11.3 Å². The van der Waals surface area contributed by atoms with Crippen molar-refractivity contribution in [2.75, 3.05) is 0 Å². The number of thiophene rings is 1. The highest BCUT2D eigenvalue weighted by atomic mass is 35.5. The van der Waals surface area contributed by atoms with E-state index in [0.29, 0.717) is 10.8 Å². The van der Waals surface area contributed by atoms with Crippen molar-refractivity contribution in [3.63, 3.8) is 0 Å². The quantitative estimate of drug-likeness (QED) is 0.667. The molecule has 0 amide bonds. The maximum atomic E-state index is 5.94. The zero-order chi connectivity index (χ0) is 11.1. The van der Waals surface area contributed by atoms with E-state index in [9.17, 15) is 0 Å². The molecule has 0 aliphatic heterocycles. The highest BCUT2D eigenvalue weighted by Gasteiger charge is 2.12. The molecule has 4 nitrogen and oxygen atoms in total. The first-order valence-corrected chi connectivity index (χ1v) is 5.98. The molecule has 0 radical (unpaired) electrons. The van der Waals surface area contributed by atoms with Crippen LogP contribution in [0.1, 0.15) is 5.56 Å². The average molecular weight is 251 g/mol. The van der Waals surface area contributed by atoms with E-state index in [4.69, 9.17) is 11.6 Å². The third-order valence-electron chi connectivity index (χ3n) is 2.38. The summed E-state index contributed by atoms with van der Waals surface area (Å²) in [6.45, 7) is 2.05. The molecule has 3 heterocycles. The molecule has 0 aromatic carbocycles. The summed E-state index contributed by atoms with van der Waals surface area (Å²) in [5.41, 5.74) is 2.86. The van der Waals surface area contributed by atoms with Crippen molar-refractivity contribution in [1.82, 2.24) is 19.6 Å². The molecule has 80 valence electrons. The number of hydrogen-bond acceptors (Lipinski definition) is 4. The molecular formula is C10H7ClN4S. The van der Waals surface area contributed by atoms with Crippen LogP contribution in [0.2, 0.25) is 5.15 Å². The number of aromatic nitrogens is 4. The molecule has 0 aliphatic carbocycles. The second-order valence-corrected chi connectivity index (χ2v) is 4.51. The minimum absolute atomic E-state index is 0.370. The van der Waals surface area contributed by atoms with E-state index in [-0.39, 0.29) is 0 Å². The molecular weight excluding hydrogens is 244 g/mol. The van der Waals surface area contributed by atoms with Gasteiger partial charge in [-0.15, -0.1) is 10.2 Å². The third kappa shape index (κ3) is 1.32. The van der Waals surface area contributed by atoms with E-state index >= 15 is 0 Å². The van der Waals surface area contributed by atoms with E-state index in [1.165, 1.54) is 5.56 Å². The summed E-state index contributed by atoms with van der Waals surface area (Å²) in [4.78, 5) is 3.97. The van der Waals surface area contributed by atoms with Crippen molar-refractivity contribution in [3.8, 4) is 11.4 Å². The number of rotatable bonds is 1. The summed E-state index contributed by atoms with van der Waals surface area (Å²) in [6, 6.07) is 0. The van der Waals surface area contributed by atoms with Crippen LogP contribution < -0.4 is 0 Å². The molecule has 0 unspecified atom stereocenters. The van der Waals surface area contributed by atoms with Gasteiger partial charge in [0.2, 0.25) is 0 Å². The van der Waals surface area contributed by atoms with Crippen LogP contribution in [0, 0.1) is 6.92 Å². The normalized spacial score (nSPS) is 11.1. The largest absolute Gasteiger partial charge is 0.278 e. The molecule has 3 aromatic heterocycles. The van der Waals surface area contributed by atoms with Crippen molar-refractivity contribution in [1.29, 1.82) is 0 Å². The maximum Gasteiger partial charge on any atom is 0.198 e. The summed E-state index contributed by atoms with van der Waals surface area (Å²) in [7, 11) is 0. The van der Waals surface area contributed by atoms with Gasteiger partial charge >= 0.3 is 0 Å². The SMILES string of the molecule is Cc1cscc1-c1nnc2c(Cl)nccn12. The second kappa shape index (κ2) is 3.54. The molecule has 0 aliphatic rings. The van der Waals surface area contributed by atoms with Crippen molar-refractivity contribution in [2.45, 2.75) is 6.92 Å². The van der Waals surface area contributed by atoms with E-state index in [0.717, 1.165) is 11.4 Å². The fourth-order valence-electron chi connectivity index (χ4n) is 1.57. The summed E-state index contributed by atoms with van der Waals surface area (Å²) in [6.07, 6.45) is 3.46. The molecule has 6 heteroatoms. The van der Waals surface area contributed by atoms with Crippen LogP contribution in [0.4, 0.5) is 0 Å². The Morgan fingerprint density at radius 2 is 2.19 bits per heavy atom. The van der Waals surface area contributed by atoms with Gasteiger partial charge in [0, 0.05) is 23.3 Å². The predicted molar refractivity (Wildman–Crippen MR) is 63.8 cm³/mol. The third-order valence-corrected chi connectivity index (χ3v) is 3.51. The van der Waals surface area contributed by atoms with Crippen molar-refractivity contribution >= 4 is 28.6 Å². The molecule has 0 spiro atoms. The van der Waals surface area contributed by atoms with Crippen LogP contribution in [0.3, 0.4) is 0 Å². The maximum absolute atomic E-state index is 5.94. The minimum Gasteiger partial charge on any atom is -0.278 e. The van der Waals surface area contributed by atoms with E-state index in [1.807, 2.05) is 10.6 Å². The number of aryl methyl sites for hydroxylation is 1. The van der Waals surface area contributed by atoms with Crippen molar-refractivity contribution < 1.29 is 0 Å². The van der Waals surface area contributed by atoms with Gasteiger partial charge in [0.05, 0.1) is 0 Å². The van der Waals surface area contributed by atoms with Gasteiger partial charge in [-0.3, -0.25) is 4.40 Å². The lowest BCUT2D eigenvalue weighted by molar-refractivity contribution is 1.11. The van der Waals surface area contributed by atoms with Crippen LogP contribution in [0.5, 0.6) is 0 Å². The van der Waals surface area contributed by atoms with Crippen LogP contribution >= 0.6 is 22.9 Å². The highest BCUT2D eigenvalue weighted by Crippen LogP contribution is 2.26. The predicted octanol–water partition coefficient (Wildman–Crippen LogP) is 2.81. The highest BCUT2D eigenvalue weighted by molar-refractivity contribution is 7.08. The number of halogens is 1. The Morgan fingerprint density at radius 1 is 1.31 bits per heavy atom. The van der Waals surface area contributed by atoms with Crippen molar-refractivity contribution in [3.05, 3.63) is 33.9 Å². The topological polar surface area (TPSA) is 43.1 Å². The molecule has 0 bridgehead atoms. The molecule has 0 fully saturated rings. The fourth-order valence-corrected chi connectivity index (χ4v) is 2.58. The monoisotopic (exact) mass is 250 g/mol. The Kier molecular flexibility index (Phi) is 2.15. The molecule has 0 saturated heterocycles. The Hall–Kier alpha value is -1.46. The van der Waals surface area contributed by atoms with Crippen LogP contribution in [0.15, 0.2) is 23.2 Å². The molecule has 16 heavy (non-hydrogen) atoms. The summed E-state index contributed by atoms with van der Waals surface area (Å²) < 4.78 is 1.85. The summed E-state index contributed by atoms with van der Waals surface area (Å²) in [5, 5.41) is 12.7. The van der Waals surface area contributed by atoms with Gasteiger partial charge in [-0.1, -0.05) is 11.6 Å². The lowest BCUT2D eigenvalue weighted by atomic mass is 10.2. The van der Waals surface area contributed by atoms with Gasteiger partial charge in [0.15, 0.2) is 16.6 Å². The smallest absolute Gasteiger partial charge is 0.198 e. The van der Waals surface area contributed by atoms with Crippen LogP contribution in [-0.4, -0.2) is 19.6 Å². The van der Waals surface area contributed by atoms with Gasteiger partial charge in [0.1, 0.15) is 0 Å². The molecule has 3 aromatic rings. The zero-order valence-corrected chi connectivity index (χ0v) is 9.96. The zero-order valence-electron chi connectivity index (χ0n) is 8.38. The second-order valence-electron chi connectivity index (χ2n) is 3.40. The molecule has 3 rings (SSSR count). The summed E-state index contributed by atoms with van der Waals surface area (Å²) >= 11 is 7.59. The standard InChI is InChI=1S/C10H7ClN4S/c1-6-4-16-5-7(6)9-13-14-10-8(11)12-2-3-15(9)10/h2-5H,1H3. The van der Waals surface area contributed by atoms with E-state index in [2.05, 4.69) is 32.9 Å². The lowest BCUT2D eigenvalue weighted by Crippen LogP contribution is -1.90. The van der Waals surface area contributed by atoms with Gasteiger partial charge in [0.25, 0.3) is 0 Å². The Balaban J connectivity index is 2.34. The Labute approximate surface area is 101 Å². The van der Waals surface area contributed by atoms with Crippen LogP contribution in [-0.2, 0) is 0 Å². The first kappa shape index (κ1) is 9.74. The number of nitrogens with zero attached hydrogens (tertiary/aromatic N) is 4. The fraction of sp³-hybridized carbons (Fsp3) is 0.100. The first-order valence-electron chi connectivity index (χ1n) is 4.66. The molecule has 0 N–H and O–H groups in total. The van der Waals surface area contributed by atoms with E-state index < -0.39 is 0 Å². The minimum atomic E-state index is 0.370. The summed E-state index contributed by atoms with van der Waals surface area (Å²) in [5.74, 6) is 0.804. The van der Waals surface area contributed by atoms with Gasteiger partial charge < -0.3 is 0 Å². The molecule has 0 atom stereocenters. The van der Waals surface area contributed by atoms with Crippen LogP contribution in [0.25, 0.3) is 17.0 Å². The first-order chi connectivity index (χ1) is 7.77. The Morgan fingerprint density at radius 3 is 2.94 bits per heavy atom. The lowest BCUT2D eigenvalue weighted by Gasteiger charge is -1.98. The van der Waals surface area contributed by atoms with E-state index in [1.54, 1.807) is 17.5 Å². The molecule has 0 saturated carbocycles. The number of hydrogen-bond donors (Lipinski definition) is 0. The van der Waals surface area contributed by atoms with Gasteiger partial charge in [-0.05, 0) is 17.9 Å². The number of fused-ring (bicyclic) bond motifs is 1. The average Bonchev–Trinajstić information content (AvgIpc) is 2.84. The Bertz CT molecular complexity index is 658. The van der Waals surface area contributed by atoms with Gasteiger partial charge in [-0.25, -0.2) is 4.98 Å².